The topological polar surface area (TPSA) is 92.2 Å². The third kappa shape index (κ3) is 5.52. The average Bonchev–Trinajstić information content (AvgIpc) is 3.36. The van der Waals surface area contributed by atoms with Crippen LogP contribution in [0.15, 0.2) is 47.3 Å². The van der Waals surface area contributed by atoms with Gasteiger partial charge in [-0.15, -0.1) is 5.10 Å². The van der Waals surface area contributed by atoms with E-state index in [-0.39, 0.29) is 5.56 Å². The largest absolute Gasteiger partial charge is 0.416 e. The molecular weight excluding hydrogens is 511 g/mol. The Kier molecular flexibility index (Phi) is 7.41. The summed E-state index contributed by atoms with van der Waals surface area (Å²) in [7, 11) is 1.59. The number of H-pyrrole nitrogens is 1. The van der Waals surface area contributed by atoms with Crippen LogP contribution in [-0.2, 0) is 17.5 Å². The first-order valence-electron chi connectivity index (χ1n) is 12.7. The summed E-state index contributed by atoms with van der Waals surface area (Å²) >= 11 is 0. The second-order valence-electron chi connectivity index (χ2n) is 9.83. The quantitative estimate of drug-likeness (QED) is 0.381. The Morgan fingerprint density at radius 1 is 1.08 bits per heavy atom. The third-order valence-corrected chi connectivity index (χ3v) is 7.15. The number of nitrogens with one attached hydrogen (secondary N) is 1. The summed E-state index contributed by atoms with van der Waals surface area (Å²) in [6, 6.07) is 10.7. The predicted molar refractivity (Wildman–Crippen MR) is 141 cm³/mol. The lowest BCUT2D eigenvalue weighted by Gasteiger charge is -2.39. The molecule has 1 saturated heterocycles. The number of benzene rings is 2. The van der Waals surface area contributed by atoms with Crippen molar-refractivity contribution in [3.05, 3.63) is 80.9 Å². The molecule has 3 heterocycles. The van der Waals surface area contributed by atoms with Crippen LogP contribution >= 0.6 is 0 Å². The van der Waals surface area contributed by atoms with Gasteiger partial charge in [-0.1, -0.05) is 17.7 Å². The molecule has 0 aliphatic carbocycles. The molecule has 0 saturated carbocycles. The number of pyridine rings is 1. The zero-order chi connectivity index (χ0) is 27.7. The molecule has 0 bridgehead atoms. The number of aryl methyl sites for hydroxylation is 2. The fourth-order valence-electron chi connectivity index (χ4n) is 5.27. The standard InChI is InChI=1S/C27H30F3N7O2/c1-17-13-18(2)23-19(14-17)15-22(26(38)31-23)24(25-32-33-34-37(25)11-12-39-3)36-9-7-35(8-10-36)21-6-4-5-20(16-21)27(28,29)30/h4-6,13-16,24H,7-12H2,1-3H3,(H,31,38)/t24-/m0/s1. The highest BCUT2D eigenvalue weighted by molar-refractivity contribution is 5.83. The number of rotatable bonds is 7. The molecule has 1 aliphatic heterocycles. The Labute approximate surface area is 223 Å². The zero-order valence-corrected chi connectivity index (χ0v) is 22.0. The number of fused-ring (bicyclic) bond motifs is 1. The van der Waals surface area contributed by atoms with Crippen molar-refractivity contribution in [1.82, 2.24) is 30.1 Å². The summed E-state index contributed by atoms with van der Waals surface area (Å²) in [5.41, 5.74) is 2.95. The normalized spacial score (nSPS) is 15.7. The average molecular weight is 542 g/mol. The first-order valence-corrected chi connectivity index (χ1v) is 12.7. The minimum Gasteiger partial charge on any atom is -0.383 e. The number of alkyl halides is 3. The minimum atomic E-state index is -4.41. The SMILES string of the molecule is COCCn1nnnc1[C@H](c1cc2cc(C)cc(C)c2[nH]c1=O)N1CCN(c2cccc(C(F)(F)F)c2)CC1. The fraction of sp³-hybridized carbons (Fsp3) is 0.407. The van der Waals surface area contributed by atoms with Crippen molar-refractivity contribution < 1.29 is 17.9 Å². The fourth-order valence-corrected chi connectivity index (χ4v) is 5.27. The molecule has 0 amide bonds. The smallest absolute Gasteiger partial charge is 0.383 e. The lowest BCUT2D eigenvalue weighted by atomic mass is 10.00. The van der Waals surface area contributed by atoms with Crippen LogP contribution in [0.4, 0.5) is 18.9 Å². The van der Waals surface area contributed by atoms with Gasteiger partial charge in [-0.2, -0.15) is 13.2 Å². The summed E-state index contributed by atoms with van der Waals surface area (Å²) in [5.74, 6) is 0.508. The number of nitrogens with zero attached hydrogens (tertiary/aromatic N) is 6. The maximum absolute atomic E-state index is 13.5. The highest BCUT2D eigenvalue weighted by atomic mass is 19.4. The van der Waals surface area contributed by atoms with Crippen molar-refractivity contribution in [2.75, 3.05) is 44.8 Å². The van der Waals surface area contributed by atoms with E-state index < -0.39 is 17.8 Å². The van der Waals surface area contributed by atoms with E-state index in [0.717, 1.165) is 28.1 Å². The highest BCUT2D eigenvalue weighted by Crippen LogP contribution is 2.33. The van der Waals surface area contributed by atoms with E-state index in [1.165, 1.54) is 12.1 Å². The van der Waals surface area contributed by atoms with Gasteiger partial charge in [0.15, 0.2) is 5.82 Å². The molecule has 9 nitrogen and oxygen atoms in total. The molecule has 5 rings (SSSR count). The molecule has 1 atom stereocenters. The van der Waals surface area contributed by atoms with Gasteiger partial charge in [-0.25, -0.2) is 4.68 Å². The lowest BCUT2D eigenvalue weighted by Crippen LogP contribution is -2.49. The molecule has 39 heavy (non-hydrogen) atoms. The van der Waals surface area contributed by atoms with Crippen LogP contribution in [-0.4, -0.2) is 70.0 Å². The molecule has 206 valence electrons. The summed E-state index contributed by atoms with van der Waals surface area (Å²) in [6.07, 6.45) is -4.41. The number of piperazine rings is 1. The summed E-state index contributed by atoms with van der Waals surface area (Å²) < 4.78 is 46.7. The Morgan fingerprint density at radius 2 is 1.85 bits per heavy atom. The number of aromatic nitrogens is 5. The molecule has 2 aromatic heterocycles. The van der Waals surface area contributed by atoms with Gasteiger partial charge in [-0.3, -0.25) is 9.69 Å². The Morgan fingerprint density at radius 3 is 2.56 bits per heavy atom. The number of hydrogen-bond donors (Lipinski definition) is 1. The molecule has 0 radical (unpaired) electrons. The van der Waals surface area contributed by atoms with Gasteiger partial charge in [-0.05, 0) is 65.6 Å². The van der Waals surface area contributed by atoms with Crippen LogP contribution in [0.25, 0.3) is 10.9 Å². The number of methoxy groups -OCH3 is 1. The summed E-state index contributed by atoms with van der Waals surface area (Å²) in [5, 5.41) is 13.2. The van der Waals surface area contributed by atoms with Crippen LogP contribution < -0.4 is 10.5 Å². The van der Waals surface area contributed by atoms with E-state index in [2.05, 4.69) is 25.4 Å². The molecule has 0 spiro atoms. The van der Waals surface area contributed by atoms with E-state index in [4.69, 9.17) is 4.74 Å². The summed E-state index contributed by atoms with van der Waals surface area (Å²) in [4.78, 5) is 20.6. The lowest BCUT2D eigenvalue weighted by molar-refractivity contribution is -0.137. The second kappa shape index (κ2) is 10.8. The highest BCUT2D eigenvalue weighted by Gasteiger charge is 2.34. The van der Waals surface area contributed by atoms with E-state index in [1.807, 2.05) is 36.9 Å². The first-order chi connectivity index (χ1) is 18.7. The van der Waals surface area contributed by atoms with Gasteiger partial charge in [0.05, 0.1) is 24.2 Å². The van der Waals surface area contributed by atoms with Crippen molar-refractivity contribution in [3.8, 4) is 0 Å². The summed E-state index contributed by atoms with van der Waals surface area (Å²) in [6.45, 7) is 6.69. The molecule has 12 heteroatoms. The predicted octanol–water partition coefficient (Wildman–Crippen LogP) is 3.71. The molecule has 4 aromatic rings. The molecule has 1 N–H and O–H groups in total. The van der Waals surface area contributed by atoms with Gasteiger partial charge in [0, 0.05) is 44.5 Å². The van der Waals surface area contributed by atoms with Gasteiger partial charge in [0.1, 0.15) is 6.04 Å². The number of tetrazole rings is 1. The van der Waals surface area contributed by atoms with Crippen molar-refractivity contribution in [3.63, 3.8) is 0 Å². The van der Waals surface area contributed by atoms with Gasteiger partial charge >= 0.3 is 6.18 Å². The van der Waals surface area contributed by atoms with E-state index in [0.29, 0.717) is 56.4 Å². The number of aromatic amines is 1. The molecular formula is C27H30F3N7O2. The Balaban J connectivity index is 1.51. The van der Waals surface area contributed by atoms with Gasteiger partial charge in [0.2, 0.25) is 0 Å². The number of hydrogen-bond acceptors (Lipinski definition) is 7. The van der Waals surface area contributed by atoms with Crippen molar-refractivity contribution >= 4 is 16.6 Å². The number of anilines is 1. The third-order valence-electron chi connectivity index (χ3n) is 7.15. The van der Waals surface area contributed by atoms with Crippen LogP contribution in [0.3, 0.4) is 0 Å². The van der Waals surface area contributed by atoms with Crippen LogP contribution in [0.1, 0.15) is 34.1 Å². The van der Waals surface area contributed by atoms with E-state index >= 15 is 0 Å². The molecule has 2 aromatic carbocycles. The van der Waals surface area contributed by atoms with Crippen molar-refractivity contribution in [2.45, 2.75) is 32.6 Å². The van der Waals surface area contributed by atoms with E-state index in [1.54, 1.807) is 17.9 Å². The minimum absolute atomic E-state index is 0.235. The van der Waals surface area contributed by atoms with Crippen molar-refractivity contribution in [2.24, 2.45) is 0 Å². The van der Waals surface area contributed by atoms with Crippen LogP contribution in [0, 0.1) is 13.8 Å². The van der Waals surface area contributed by atoms with Crippen LogP contribution in [0.5, 0.6) is 0 Å². The number of ether oxygens (including phenoxy) is 1. The maximum atomic E-state index is 13.5. The second-order valence-corrected chi connectivity index (χ2v) is 9.83. The first kappa shape index (κ1) is 26.8. The molecule has 1 fully saturated rings. The maximum Gasteiger partial charge on any atom is 0.416 e. The molecule has 0 unspecified atom stereocenters. The Hall–Kier alpha value is -3.77. The Bertz CT molecular complexity index is 1520. The zero-order valence-electron chi connectivity index (χ0n) is 22.0. The van der Waals surface area contributed by atoms with Crippen LogP contribution in [0.2, 0.25) is 0 Å². The van der Waals surface area contributed by atoms with Crippen molar-refractivity contribution in [1.29, 1.82) is 0 Å². The van der Waals surface area contributed by atoms with Gasteiger partial charge < -0.3 is 14.6 Å². The number of halogens is 3. The molecule has 1 aliphatic rings. The monoisotopic (exact) mass is 541 g/mol. The van der Waals surface area contributed by atoms with Gasteiger partial charge in [0.25, 0.3) is 5.56 Å². The van der Waals surface area contributed by atoms with E-state index in [9.17, 15) is 18.0 Å².